The van der Waals surface area contributed by atoms with E-state index in [-0.39, 0.29) is 5.92 Å². The molecule has 0 fully saturated rings. The number of phenolic OH excluding ortho intramolecular Hbond substituents is 1. The minimum Gasteiger partial charge on any atom is -0.507 e. The molecule has 2 aromatic rings. The fourth-order valence-corrected chi connectivity index (χ4v) is 2.19. The number of aromatic nitrogens is 2. The van der Waals surface area contributed by atoms with Gasteiger partial charge in [-0.1, -0.05) is 12.1 Å². The Kier molecular flexibility index (Phi) is 4.39. The average molecular weight is 275 g/mol. The molecule has 0 amide bonds. The summed E-state index contributed by atoms with van der Waals surface area (Å²) < 4.78 is 5.32. The summed E-state index contributed by atoms with van der Waals surface area (Å²) in [4.78, 5) is 4.44. The summed E-state index contributed by atoms with van der Waals surface area (Å²) in [6, 6.07) is 3.73. The maximum absolute atomic E-state index is 9.79. The molecule has 0 spiro atoms. The number of aryl methyl sites for hydroxylation is 2. The van der Waals surface area contributed by atoms with Crippen molar-refractivity contribution in [1.29, 1.82) is 0 Å². The summed E-state index contributed by atoms with van der Waals surface area (Å²) in [5.41, 5.74) is 7.98. The topological polar surface area (TPSA) is 85.2 Å². The van der Waals surface area contributed by atoms with E-state index in [1.165, 1.54) is 0 Å². The van der Waals surface area contributed by atoms with Crippen molar-refractivity contribution in [2.45, 2.75) is 39.5 Å². The first-order valence-electron chi connectivity index (χ1n) is 6.87. The van der Waals surface area contributed by atoms with Gasteiger partial charge in [0.1, 0.15) is 5.75 Å². The average Bonchev–Trinajstić information content (AvgIpc) is 2.91. The normalized spacial score (nSPS) is 12.6. The van der Waals surface area contributed by atoms with Crippen LogP contribution >= 0.6 is 0 Å². The van der Waals surface area contributed by atoms with Crippen molar-refractivity contribution in [2.24, 2.45) is 5.73 Å². The molecule has 1 atom stereocenters. The number of benzene rings is 1. The molecule has 0 saturated carbocycles. The molecule has 20 heavy (non-hydrogen) atoms. The first-order valence-corrected chi connectivity index (χ1v) is 6.87. The Balaban J connectivity index is 2.24. The fraction of sp³-hybridized carbons (Fsp3) is 0.467. The van der Waals surface area contributed by atoms with Gasteiger partial charge in [-0.15, -0.1) is 0 Å². The van der Waals surface area contributed by atoms with Gasteiger partial charge in [-0.05, 0) is 56.5 Å². The zero-order valence-corrected chi connectivity index (χ0v) is 12.2. The first-order chi connectivity index (χ1) is 9.52. The van der Waals surface area contributed by atoms with Crippen molar-refractivity contribution >= 4 is 0 Å². The van der Waals surface area contributed by atoms with Crippen LogP contribution in [0.4, 0.5) is 0 Å². The van der Waals surface area contributed by atoms with E-state index in [9.17, 15) is 5.11 Å². The highest BCUT2D eigenvalue weighted by Crippen LogP contribution is 2.28. The molecule has 1 heterocycles. The van der Waals surface area contributed by atoms with Crippen LogP contribution in [0.15, 0.2) is 16.7 Å². The van der Waals surface area contributed by atoms with Crippen LogP contribution in [0, 0.1) is 13.8 Å². The lowest BCUT2D eigenvalue weighted by atomic mass is 10.0. The molecule has 0 saturated heterocycles. The zero-order chi connectivity index (χ0) is 14.7. The predicted octanol–water partition coefficient (Wildman–Crippen LogP) is 2.90. The number of nitrogens with zero attached hydrogens (tertiary/aromatic N) is 2. The smallest absolute Gasteiger partial charge is 0.229 e. The van der Waals surface area contributed by atoms with E-state index in [0.29, 0.717) is 24.0 Å². The third-order valence-corrected chi connectivity index (χ3v) is 3.45. The van der Waals surface area contributed by atoms with Gasteiger partial charge >= 0.3 is 0 Å². The van der Waals surface area contributed by atoms with E-state index in [4.69, 9.17) is 10.3 Å². The Labute approximate surface area is 118 Å². The van der Waals surface area contributed by atoms with E-state index in [2.05, 4.69) is 17.1 Å². The first kappa shape index (κ1) is 14.5. The summed E-state index contributed by atoms with van der Waals surface area (Å²) in [5.74, 6) is 1.72. The molecule has 1 aromatic carbocycles. The van der Waals surface area contributed by atoms with Gasteiger partial charge in [0.25, 0.3) is 0 Å². The second-order valence-electron chi connectivity index (χ2n) is 5.25. The predicted molar refractivity (Wildman–Crippen MR) is 77.6 cm³/mol. The summed E-state index contributed by atoms with van der Waals surface area (Å²) >= 11 is 0. The Morgan fingerprint density at radius 3 is 2.55 bits per heavy atom. The van der Waals surface area contributed by atoms with Gasteiger partial charge in [0.2, 0.25) is 11.7 Å². The summed E-state index contributed by atoms with van der Waals surface area (Å²) in [6.07, 6.45) is 1.88. The minimum absolute atomic E-state index is 0.208. The minimum atomic E-state index is 0.208. The van der Waals surface area contributed by atoms with Crippen LogP contribution in [0.2, 0.25) is 0 Å². The van der Waals surface area contributed by atoms with Crippen LogP contribution in [-0.2, 0) is 0 Å². The molecule has 0 bridgehead atoms. The van der Waals surface area contributed by atoms with E-state index in [1.807, 2.05) is 26.0 Å². The second kappa shape index (κ2) is 6.05. The van der Waals surface area contributed by atoms with Crippen molar-refractivity contribution in [2.75, 3.05) is 6.54 Å². The molecule has 108 valence electrons. The van der Waals surface area contributed by atoms with Crippen LogP contribution in [0.1, 0.15) is 42.7 Å². The molecule has 2 rings (SSSR count). The lowest BCUT2D eigenvalue weighted by Crippen LogP contribution is -2.02. The molecule has 1 aromatic heterocycles. The Morgan fingerprint density at radius 1 is 1.30 bits per heavy atom. The quantitative estimate of drug-likeness (QED) is 0.876. The van der Waals surface area contributed by atoms with Gasteiger partial charge in [-0.2, -0.15) is 4.98 Å². The van der Waals surface area contributed by atoms with Crippen LogP contribution < -0.4 is 5.73 Å². The van der Waals surface area contributed by atoms with Gasteiger partial charge < -0.3 is 15.4 Å². The lowest BCUT2D eigenvalue weighted by molar-refractivity contribution is 0.352. The van der Waals surface area contributed by atoms with Gasteiger partial charge in [-0.3, -0.25) is 0 Å². The highest BCUT2D eigenvalue weighted by molar-refractivity contribution is 5.60. The van der Waals surface area contributed by atoms with Crippen LogP contribution in [0.5, 0.6) is 5.75 Å². The molecule has 5 nitrogen and oxygen atoms in total. The van der Waals surface area contributed by atoms with E-state index in [0.717, 1.165) is 29.5 Å². The fourth-order valence-electron chi connectivity index (χ4n) is 2.19. The largest absolute Gasteiger partial charge is 0.507 e. The number of phenols is 1. The highest BCUT2D eigenvalue weighted by Gasteiger charge is 2.16. The number of rotatable bonds is 5. The van der Waals surface area contributed by atoms with Gasteiger partial charge in [0.15, 0.2) is 0 Å². The SMILES string of the molecule is Cc1cc(-c2noc(C(C)CCCN)n2)cc(C)c1O. The lowest BCUT2D eigenvalue weighted by Gasteiger charge is -2.05. The maximum atomic E-state index is 9.79. The number of hydrogen-bond donors (Lipinski definition) is 2. The number of hydrogen-bond acceptors (Lipinski definition) is 5. The van der Waals surface area contributed by atoms with E-state index >= 15 is 0 Å². The van der Waals surface area contributed by atoms with Crippen molar-refractivity contribution in [1.82, 2.24) is 10.1 Å². The van der Waals surface area contributed by atoms with Gasteiger partial charge in [0, 0.05) is 11.5 Å². The van der Waals surface area contributed by atoms with Crippen LogP contribution in [0.3, 0.4) is 0 Å². The summed E-state index contributed by atoms with van der Waals surface area (Å²) in [7, 11) is 0. The molecule has 0 aliphatic rings. The third-order valence-electron chi connectivity index (χ3n) is 3.45. The Morgan fingerprint density at radius 2 is 1.95 bits per heavy atom. The van der Waals surface area contributed by atoms with Gasteiger partial charge in [-0.25, -0.2) is 0 Å². The van der Waals surface area contributed by atoms with Crippen molar-refractivity contribution in [3.8, 4) is 17.1 Å². The van der Waals surface area contributed by atoms with Crippen LogP contribution in [0.25, 0.3) is 11.4 Å². The molecule has 1 unspecified atom stereocenters. The van der Waals surface area contributed by atoms with E-state index < -0.39 is 0 Å². The Bertz CT molecular complexity index is 570. The molecule has 0 aliphatic carbocycles. The Hall–Kier alpha value is -1.88. The summed E-state index contributed by atoms with van der Waals surface area (Å²) in [5, 5.41) is 13.8. The number of aromatic hydroxyl groups is 1. The molecule has 0 radical (unpaired) electrons. The molecule has 3 N–H and O–H groups in total. The molecular formula is C15H21N3O2. The van der Waals surface area contributed by atoms with Gasteiger partial charge in [0.05, 0.1) is 0 Å². The van der Waals surface area contributed by atoms with Crippen LogP contribution in [-0.4, -0.2) is 21.8 Å². The third kappa shape index (κ3) is 2.99. The summed E-state index contributed by atoms with van der Waals surface area (Å²) in [6.45, 7) is 6.44. The maximum Gasteiger partial charge on any atom is 0.229 e. The van der Waals surface area contributed by atoms with E-state index in [1.54, 1.807) is 0 Å². The second-order valence-corrected chi connectivity index (χ2v) is 5.25. The van der Waals surface area contributed by atoms with Crippen molar-refractivity contribution in [3.63, 3.8) is 0 Å². The molecule has 5 heteroatoms. The zero-order valence-electron chi connectivity index (χ0n) is 12.2. The highest BCUT2D eigenvalue weighted by atomic mass is 16.5. The standard InChI is InChI=1S/C15H21N3O2/c1-9(5-4-6-16)15-17-14(18-20-15)12-7-10(2)13(19)11(3)8-12/h7-9,19H,4-6,16H2,1-3H3. The molecular weight excluding hydrogens is 254 g/mol. The molecule has 0 aliphatic heterocycles. The number of nitrogens with two attached hydrogens (primary N) is 1. The monoisotopic (exact) mass is 275 g/mol. The van der Waals surface area contributed by atoms with Crippen molar-refractivity contribution < 1.29 is 9.63 Å². The van der Waals surface area contributed by atoms with Crippen molar-refractivity contribution in [3.05, 3.63) is 29.2 Å².